The normalized spacial score (nSPS) is 11.8. The number of carbonyl (C=O) groups excluding carboxylic acids is 1. The number of halogens is 1. The summed E-state index contributed by atoms with van der Waals surface area (Å²) in [7, 11) is 1.62. The Kier molecular flexibility index (Phi) is 4.85. The molecular weight excluding hydrogens is 332 g/mol. The third-order valence-corrected chi connectivity index (χ3v) is 3.94. The van der Waals surface area contributed by atoms with E-state index in [1.165, 1.54) is 0 Å². The smallest absolute Gasteiger partial charge is 0.251 e. The predicted molar refractivity (Wildman–Crippen MR) is 87.4 cm³/mol. The Morgan fingerprint density at radius 1 is 1.24 bits per heavy atom. The monoisotopic (exact) mass is 348 g/mol. The van der Waals surface area contributed by atoms with Gasteiger partial charge in [0.2, 0.25) is 0 Å². The highest BCUT2D eigenvalue weighted by molar-refractivity contribution is 9.10. The van der Waals surface area contributed by atoms with Gasteiger partial charge in [0.15, 0.2) is 0 Å². The molecule has 0 spiro atoms. The van der Waals surface area contributed by atoms with E-state index in [1.54, 1.807) is 25.3 Å². The maximum Gasteiger partial charge on any atom is 0.251 e. The van der Waals surface area contributed by atoms with Crippen molar-refractivity contribution in [2.24, 2.45) is 0 Å². The van der Waals surface area contributed by atoms with Crippen LogP contribution >= 0.6 is 15.9 Å². The highest BCUT2D eigenvalue weighted by Crippen LogP contribution is 2.21. The SMILES string of the molecule is COc1ccc([C@H](C)NC(=O)c2ccc(Br)c(N)c2)cc1. The number of nitrogens with two attached hydrogens (primary N) is 1. The highest BCUT2D eigenvalue weighted by atomic mass is 79.9. The van der Waals surface area contributed by atoms with Crippen LogP contribution in [0, 0.1) is 0 Å². The van der Waals surface area contributed by atoms with E-state index in [0.717, 1.165) is 15.8 Å². The summed E-state index contributed by atoms with van der Waals surface area (Å²) in [4.78, 5) is 12.2. The molecule has 110 valence electrons. The Hall–Kier alpha value is -2.01. The molecule has 0 unspecified atom stereocenters. The number of ether oxygens (including phenoxy) is 1. The molecule has 3 N–H and O–H groups in total. The maximum absolute atomic E-state index is 12.2. The molecule has 2 aromatic rings. The number of hydrogen-bond acceptors (Lipinski definition) is 3. The first-order chi connectivity index (χ1) is 10.0. The van der Waals surface area contributed by atoms with Crippen LogP contribution in [0.5, 0.6) is 5.75 Å². The van der Waals surface area contributed by atoms with Crippen molar-refractivity contribution in [1.29, 1.82) is 0 Å². The largest absolute Gasteiger partial charge is 0.497 e. The van der Waals surface area contributed by atoms with Crippen molar-refractivity contribution in [3.63, 3.8) is 0 Å². The van der Waals surface area contributed by atoms with Gasteiger partial charge in [-0.25, -0.2) is 0 Å². The molecule has 0 bridgehead atoms. The third kappa shape index (κ3) is 3.76. The lowest BCUT2D eigenvalue weighted by atomic mass is 10.1. The summed E-state index contributed by atoms with van der Waals surface area (Å²) < 4.78 is 5.90. The number of nitrogens with one attached hydrogen (secondary N) is 1. The second kappa shape index (κ2) is 6.63. The van der Waals surface area contributed by atoms with Gasteiger partial charge in [0.1, 0.15) is 5.75 Å². The summed E-state index contributed by atoms with van der Waals surface area (Å²) in [5.41, 5.74) is 7.88. The molecule has 2 aromatic carbocycles. The van der Waals surface area contributed by atoms with Crippen LogP contribution in [0.1, 0.15) is 28.9 Å². The minimum Gasteiger partial charge on any atom is -0.497 e. The zero-order valence-corrected chi connectivity index (χ0v) is 13.5. The Morgan fingerprint density at radius 3 is 2.48 bits per heavy atom. The van der Waals surface area contributed by atoms with Crippen molar-refractivity contribution in [1.82, 2.24) is 5.32 Å². The van der Waals surface area contributed by atoms with E-state index in [2.05, 4.69) is 21.2 Å². The second-order valence-electron chi connectivity index (χ2n) is 4.70. The molecule has 21 heavy (non-hydrogen) atoms. The fourth-order valence-electron chi connectivity index (χ4n) is 1.94. The van der Waals surface area contributed by atoms with Crippen LogP contribution in [0.15, 0.2) is 46.9 Å². The Morgan fingerprint density at radius 2 is 1.90 bits per heavy atom. The van der Waals surface area contributed by atoms with E-state index in [0.29, 0.717) is 11.3 Å². The molecule has 1 atom stereocenters. The molecular formula is C16H17BrN2O2. The van der Waals surface area contributed by atoms with Crippen LogP contribution in [0.3, 0.4) is 0 Å². The zero-order valence-electron chi connectivity index (χ0n) is 11.9. The summed E-state index contributed by atoms with van der Waals surface area (Å²) in [5.74, 6) is 0.635. The van der Waals surface area contributed by atoms with Crippen molar-refractivity contribution < 1.29 is 9.53 Å². The number of anilines is 1. The van der Waals surface area contributed by atoms with Crippen molar-refractivity contribution in [2.75, 3.05) is 12.8 Å². The molecule has 0 aromatic heterocycles. The van der Waals surface area contributed by atoms with Gasteiger partial charge in [0.05, 0.1) is 13.2 Å². The number of carbonyl (C=O) groups is 1. The van der Waals surface area contributed by atoms with Crippen LogP contribution in [-0.2, 0) is 0 Å². The standard InChI is InChI=1S/C16H17BrN2O2/c1-10(11-3-6-13(21-2)7-4-11)19-16(20)12-5-8-14(17)15(18)9-12/h3-10H,18H2,1-2H3,(H,19,20)/t10-/m0/s1. The molecule has 5 heteroatoms. The Bertz CT molecular complexity index is 641. The lowest BCUT2D eigenvalue weighted by Gasteiger charge is -2.15. The predicted octanol–water partition coefficient (Wildman–Crippen LogP) is 3.53. The van der Waals surface area contributed by atoms with Crippen molar-refractivity contribution in [3.8, 4) is 5.75 Å². The van der Waals surface area contributed by atoms with Gasteiger partial charge in [0.25, 0.3) is 5.91 Å². The van der Waals surface area contributed by atoms with Crippen molar-refractivity contribution in [3.05, 3.63) is 58.1 Å². The van der Waals surface area contributed by atoms with E-state index in [1.807, 2.05) is 31.2 Å². The zero-order chi connectivity index (χ0) is 15.4. The summed E-state index contributed by atoms with van der Waals surface area (Å²) in [6, 6.07) is 12.7. The molecule has 0 saturated heterocycles. The van der Waals surface area contributed by atoms with Gasteiger partial charge in [0, 0.05) is 15.7 Å². The van der Waals surface area contributed by atoms with Gasteiger partial charge in [-0.1, -0.05) is 12.1 Å². The number of hydrogen-bond donors (Lipinski definition) is 2. The number of rotatable bonds is 4. The van der Waals surface area contributed by atoms with Gasteiger partial charge in [-0.2, -0.15) is 0 Å². The van der Waals surface area contributed by atoms with Crippen LogP contribution < -0.4 is 15.8 Å². The number of methoxy groups -OCH3 is 1. The first kappa shape index (κ1) is 15.4. The van der Waals surface area contributed by atoms with Gasteiger partial charge in [-0.05, 0) is 58.7 Å². The van der Waals surface area contributed by atoms with Crippen LogP contribution in [0.25, 0.3) is 0 Å². The van der Waals surface area contributed by atoms with E-state index in [9.17, 15) is 4.79 Å². The molecule has 0 saturated carbocycles. The number of benzene rings is 2. The molecule has 0 radical (unpaired) electrons. The molecule has 0 aliphatic rings. The molecule has 0 fully saturated rings. The second-order valence-corrected chi connectivity index (χ2v) is 5.56. The molecule has 2 rings (SSSR count). The molecule has 0 aliphatic heterocycles. The molecule has 0 heterocycles. The minimum absolute atomic E-state index is 0.103. The first-order valence-electron chi connectivity index (χ1n) is 6.51. The number of amides is 1. The Balaban J connectivity index is 2.08. The maximum atomic E-state index is 12.2. The van der Waals surface area contributed by atoms with Gasteiger partial charge < -0.3 is 15.8 Å². The lowest BCUT2D eigenvalue weighted by molar-refractivity contribution is 0.0940. The van der Waals surface area contributed by atoms with Gasteiger partial charge in [-0.3, -0.25) is 4.79 Å². The first-order valence-corrected chi connectivity index (χ1v) is 7.30. The van der Waals surface area contributed by atoms with E-state index in [4.69, 9.17) is 10.5 Å². The van der Waals surface area contributed by atoms with Gasteiger partial charge in [-0.15, -0.1) is 0 Å². The van der Waals surface area contributed by atoms with Gasteiger partial charge >= 0.3 is 0 Å². The van der Waals surface area contributed by atoms with Crippen LogP contribution in [-0.4, -0.2) is 13.0 Å². The van der Waals surface area contributed by atoms with Crippen molar-refractivity contribution >= 4 is 27.5 Å². The minimum atomic E-state index is -0.155. The third-order valence-electron chi connectivity index (χ3n) is 3.22. The lowest BCUT2D eigenvalue weighted by Crippen LogP contribution is -2.26. The average molecular weight is 349 g/mol. The summed E-state index contributed by atoms with van der Waals surface area (Å²) >= 11 is 3.31. The quantitative estimate of drug-likeness (QED) is 0.830. The summed E-state index contributed by atoms with van der Waals surface area (Å²) in [6.07, 6.45) is 0. The molecule has 0 aliphatic carbocycles. The van der Waals surface area contributed by atoms with E-state index < -0.39 is 0 Å². The van der Waals surface area contributed by atoms with Crippen molar-refractivity contribution in [2.45, 2.75) is 13.0 Å². The molecule has 4 nitrogen and oxygen atoms in total. The number of nitrogen functional groups attached to an aromatic ring is 1. The summed E-state index contributed by atoms with van der Waals surface area (Å²) in [5, 5.41) is 2.95. The summed E-state index contributed by atoms with van der Waals surface area (Å²) in [6.45, 7) is 1.93. The average Bonchev–Trinajstić information content (AvgIpc) is 2.50. The highest BCUT2D eigenvalue weighted by Gasteiger charge is 2.12. The fourth-order valence-corrected chi connectivity index (χ4v) is 2.19. The topological polar surface area (TPSA) is 64.3 Å². The van der Waals surface area contributed by atoms with E-state index in [-0.39, 0.29) is 11.9 Å². The molecule has 1 amide bonds. The van der Waals surface area contributed by atoms with Crippen LogP contribution in [0.4, 0.5) is 5.69 Å². The van der Waals surface area contributed by atoms with Crippen LogP contribution in [0.2, 0.25) is 0 Å². The Labute approximate surface area is 132 Å². The van der Waals surface area contributed by atoms with E-state index >= 15 is 0 Å². The fraction of sp³-hybridized carbons (Fsp3) is 0.188.